The Labute approximate surface area is 99.4 Å². The Balaban J connectivity index is 2.33. The standard InChI is InChI=1S/C10H9NO3S2/c12-9(13)1-3-11-8(6-16-10(11)14)7-2-4-15-5-7/h2,4-6H,1,3H2,(H,12,13). The van der Waals surface area contributed by atoms with Crippen LogP contribution >= 0.6 is 22.7 Å². The van der Waals surface area contributed by atoms with Gasteiger partial charge in [0.05, 0.1) is 12.1 Å². The monoisotopic (exact) mass is 255 g/mol. The molecule has 4 nitrogen and oxygen atoms in total. The molecule has 2 aromatic rings. The van der Waals surface area contributed by atoms with E-state index in [1.807, 2.05) is 16.8 Å². The molecule has 2 heterocycles. The molecule has 16 heavy (non-hydrogen) atoms. The molecule has 0 bridgehead atoms. The first-order valence-corrected chi connectivity index (χ1v) is 6.43. The van der Waals surface area contributed by atoms with Crippen molar-refractivity contribution in [3.8, 4) is 11.3 Å². The van der Waals surface area contributed by atoms with Crippen LogP contribution in [0.1, 0.15) is 6.42 Å². The van der Waals surface area contributed by atoms with Gasteiger partial charge in [0.15, 0.2) is 0 Å². The van der Waals surface area contributed by atoms with E-state index in [0.29, 0.717) is 0 Å². The molecule has 0 unspecified atom stereocenters. The molecule has 0 saturated carbocycles. The van der Waals surface area contributed by atoms with Gasteiger partial charge < -0.3 is 5.11 Å². The molecule has 1 N–H and O–H groups in total. The van der Waals surface area contributed by atoms with E-state index in [1.54, 1.807) is 16.7 Å². The van der Waals surface area contributed by atoms with Crippen LogP contribution < -0.4 is 4.87 Å². The lowest BCUT2D eigenvalue weighted by Crippen LogP contribution is -2.16. The van der Waals surface area contributed by atoms with Crippen molar-refractivity contribution in [1.82, 2.24) is 4.57 Å². The lowest BCUT2D eigenvalue weighted by molar-refractivity contribution is -0.137. The molecule has 0 amide bonds. The smallest absolute Gasteiger partial charge is 0.307 e. The summed E-state index contributed by atoms with van der Waals surface area (Å²) < 4.78 is 1.51. The zero-order chi connectivity index (χ0) is 11.5. The normalized spacial score (nSPS) is 10.5. The highest BCUT2D eigenvalue weighted by atomic mass is 32.1. The molecule has 0 aliphatic carbocycles. The van der Waals surface area contributed by atoms with Gasteiger partial charge in [0.25, 0.3) is 0 Å². The highest BCUT2D eigenvalue weighted by Crippen LogP contribution is 2.22. The lowest BCUT2D eigenvalue weighted by atomic mass is 10.2. The highest BCUT2D eigenvalue weighted by molar-refractivity contribution is 7.08. The molecule has 2 rings (SSSR count). The molecule has 6 heteroatoms. The second kappa shape index (κ2) is 4.63. The average Bonchev–Trinajstić information content (AvgIpc) is 2.83. The van der Waals surface area contributed by atoms with Crippen molar-refractivity contribution in [2.24, 2.45) is 0 Å². The Bertz CT molecular complexity index is 539. The predicted octanol–water partition coefficient (Wildman–Crippen LogP) is 2.11. The first-order valence-electron chi connectivity index (χ1n) is 4.61. The lowest BCUT2D eigenvalue weighted by Gasteiger charge is -2.03. The number of nitrogens with zero attached hydrogens (tertiary/aromatic N) is 1. The molecular weight excluding hydrogens is 246 g/mol. The van der Waals surface area contributed by atoms with Gasteiger partial charge >= 0.3 is 10.8 Å². The fraction of sp³-hybridized carbons (Fsp3) is 0.200. The predicted molar refractivity (Wildman–Crippen MR) is 64.1 cm³/mol. The largest absolute Gasteiger partial charge is 0.481 e. The van der Waals surface area contributed by atoms with Crippen LogP contribution in [0.5, 0.6) is 0 Å². The van der Waals surface area contributed by atoms with Crippen LogP contribution in [0.15, 0.2) is 27.0 Å². The molecule has 0 spiro atoms. The maximum absolute atomic E-state index is 11.5. The number of hydrogen-bond donors (Lipinski definition) is 1. The molecule has 0 aromatic carbocycles. The summed E-state index contributed by atoms with van der Waals surface area (Å²) in [6, 6.07) is 1.92. The van der Waals surface area contributed by atoms with Crippen molar-refractivity contribution in [3.05, 3.63) is 31.9 Å². The van der Waals surface area contributed by atoms with Crippen LogP contribution in [0, 0.1) is 0 Å². The quantitative estimate of drug-likeness (QED) is 0.910. The minimum absolute atomic E-state index is 0.0340. The molecule has 2 aromatic heterocycles. The van der Waals surface area contributed by atoms with Crippen LogP contribution in [-0.2, 0) is 11.3 Å². The van der Waals surface area contributed by atoms with E-state index in [0.717, 1.165) is 22.6 Å². The molecule has 0 fully saturated rings. The van der Waals surface area contributed by atoms with Gasteiger partial charge in [-0.3, -0.25) is 14.2 Å². The van der Waals surface area contributed by atoms with Gasteiger partial charge in [-0.25, -0.2) is 0 Å². The van der Waals surface area contributed by atoms with E-state index < -0.39 is 5.97 Å². The highest BCUT2D eigenvalue weighted by Gasteiger charge is 2.10. The molecule has 84 valence electrons. The van der Waals surface area contributed by atoms with Gasteiger partial charge in [0.1, 0.15) is 0 Å². The number of aliphatic carboxylic acids is 1. The van der Waals surface area contributed by atoms with Crippen LogP contribution in [-0.4, -0.2) is 15.6 Å². The summed E-state index contributed by atoms with van der Waals surface area (Å²) in [5, 5.41) is 14.3. The Morgan fingerprint density at radius 3 is 2.88 bits per heavy atom. The molecule has 0 radical (unpaired) electrons. The average molecular weight is 255 g/mol. The first-order chi connectivity index (χ1) is 7.68. The van der Waals surface area contributed by atoms with Crippen LogP contribution in [0.25, 0.3) is 11.3 Å². The second-order valence-electron chi connectivity index (χ2n) is 3.19. The minimum atomic E-state index is -0.894. The number of hydrogen-bond acceptors (Lipinski definition) is 4. The van der Waals surface area contributed by atoms with Crippen molar-refractivity contribution in [2.45, 2.75) is 13.0 Å². The van der Waals surface area contributed by atoms with Gasteiger partial charge in [-0.1, -0.05) is 11.3 Å². The Morgan fingerprint density at radius 1 is 1.44 bits per heavy atom. The molecule has 0 atom stereocenters. The van der Waals surface area contributed by atoms with Gasteiger partial charge in [-0.05, 0) is 11.4 Å². The van der Waals surface area contributed by atoms with Crippen molar-refractivity contribution in [3.63, 3.8) is 0 Å². The summed E-state index contributed by atoms with van der Waals surface area (Å²) in [5.74, 6) is -0.894. The number of rotatable bonds is 4. The van der Waals surface area contributed by atoms with Gasteiger partial charge in [-0.15, -0.1) is 0 Å². The third kappa shape index (κ3) is 2.23. The summed E-state index contributed by atoms with van der Waals surface area (Å²) in [5.41, 5.74) is 1.77. The summed E-state index contributed by atoms with van der Waals surface area (Å²) in [4.78, 5) is 21.9. The fourth-order valence-electron chi connectivity index (χ4n) is 1.39. The molecule has 0 aliphatic heterocycles. The number of carboxylic acids is 1. The number of carboxylic acid groups (broad SMARTS) is 1. The Morgan fingerprint density at radius 2 is 2.25 bits per heavy atom. The molecular formula is C10H9NO3S2. The van der Waals surface area contributed by atoms with Crippen molar-refractivity contribution >= 4 is 28.6 Å². The van der Waals surface area contributed by atoms with Gasteiger partial charge in [-0.2, -0.15) is 11.3 Å². The van der Waals surface area contributed by atoms with E-state index in [1.165, 1.54) is 4.57 Å². The summed E-state index contributed by atoms with van der Waals surface area (Å²) in [6.45, 7) is 0.225. The van der Waals surface area contributed by atoms with E-state index in [9.17, 15) is 9.59 Å². The van der Waals surface area contributed by atoms with Gasteiger partial charge in [0.2, 0.25) is 0 Å². The van der Waals surface area contributed by atoms with Crippen molar-refractivity contribution in [1.29, 1.82) is 0 Å². The maximum Gasteiger partial charge on any atom is 0.307 e. The van der Waals surface area contributed by atoms with E-state index in [2.05, 4.69) is 0 Å². The van der Waals surface area contributed by atoms with Gasteiger partial charge in [0, 0.05) is 22.9 Å². The topological polar surface area (TPSA) is 59.3 Å². The zero-order valence-corrected chi connectivity index (χ0v) is 9.88. The van der Waals surface area contributed by atoms with Crippen molar-refractivity contribution < 1.29 is 9.90 Å². The number of thiazole rings is 1. The number of aromatic nitrogens is 1. The fourth-order valence-corrected chi connectivity index (χ4v) is 2.83. The number of thiophene rings is 1. The van der Waals surface area contributed by atoms with Crippen LogP contribution in [0.3, 0.4) is 0 Å². The number of carbonyl (C=O) groups is 1. The molecule has 0 aliphatic rings. The zero-order valence-electron chi connectivity index (χ0n) is 8.25. The molecule has 0 saturated heterocycles. The third-order valence-corrected chi connectivity index (χ3v) is 3.60. The summed E-state index contributed by atoms with van der Waals surface area (Å²) in [7, 11) is 0. The summed E-state index contributed by atoms with van der Waals surface area (Å²) in [6.07, 6.45) is -0.0340. The Hall–Kier alpha value is -1.40. The first kappa shape index (κ1) is 11.1. The van der Waals surface area contributed by atoms with Crippen LogP contribution in [0.2, 0.25) is 0 Å². The summed E-state index contributed by atoms with van der Waals surface area (Å²) >= 11 is 2.65. The van der Waals surface area contributed by atoms with Crippen molar-refractivity contribution in [2.75, 3.05) is 0 Å². The second-order valence-corrected chi connectivity index (χ2v) is 4.79. The van der Waals surface area contributed by atoms with Crippen LogP contribution in [0.4, 0.5) is 0 Å². The maximum atomic E-state index is 11.5. The van der Waals surface area contributed by atoms with E-state index in [-0.39, 0.29) is 17.8 Å². The van der Waals surface area contributed by atoms with E-state index in [4.69, 9.17) is 5.11 Å². The minimum Gasteiger partial charge on any atom is -0.481 e. The SMILES string of the molecule is O=C(O)CCn1c(-c2ccsc2)csc1=O. The Kier molecular flexibility index (Phi) is 3.21. The van der Waals surface area contributed by atoms with E-state index >= 15 is 0 Å². The third-order valence-electron chi connectivity index (χ3n) is 2.15.